The standard InChI is InChI=1S/C13H17NO3/c1-10(13(16)17)7-8-14-12(15)9-11-5-3-2-4-6-11/h2-6,10H,7-9H2,1H3,(H,14,15)(H,16,17). The predicted molar refractivity (Wildman–Crippen MR) is 64.6 cm³/mol. The van der Waals surface area contributed by atoms with Gasteiger partial charge in [-0.3, -0.25) is 9.59 Å². The van der Waals surface area contributed by atoms with Gasteiger partial charge in [-0.05, 0) is 12.0 Å². The van der Waals surface area contributed by atoms with Crippen LogP contribution in [0.2, 0.25) is 0 Å². The SMILES string of the molecule is CC(CCNC(=O)Cc1ccccc1)C(=O)O. The van der Waals surface area contributed by atoms with Gasteiger partial charge in [-0.1, -0.05) is 37.3 Å². The second kappa shape index (κ2) is 6.68. The van der Waals surface area contributed by atoms with E-state index in [0.717, 1.165) is 5.56 Å². The smallest absolute Gasteiger partial charge is 0.306 e. The first-order valence-corrected chi connectivity index (χ1v) is 5.63. The van der Waals surface area contributed by atoms with Crippen LogP contribution in [0.3, 0.4) is 0 Å². The van der Waals surface area contributed by atoms with Crippen LogP contribution in [-0.2, 0) is 16.0 Å². The maximum absolute atomic E-state index is 11.5. The predicted octanol–water partition coefficient (Wildman–Crippen LogP) is 1.46. The second-order valence-electron chi connectivity index (χ2n) is 4.04. The summed E-state index contributed by atoms with van der Waals surface area (Å²) in [6.45, 7) is 2.03. The summed E-state index contributed by atoms with van der Waals surface area (Å²) < 4.78 is 0. The number of rotatable bonds is 6. The quantitative estimate of drug-likeness (QED) is 0.784. The molecule has 0 aliphatic carbocycles. The second-order valence-corrected chi connectivity index (χ2v) is 4.04. The Hall–Kier alpha value is -1.84. The summed E-state index contributed by atoms with van der Waals surface area (Å²) >= 11 is 0. The highest BCUT2D eigenvalue weighted by Crippen LogP contribution is 2.01. The van der Waals surface area contributed by atoms with Gasteiger partial charge >= 0.3 is 5.97 Å². The molecule has 0 heterocycles. The average molecular weight is 235 g/mol. The maximum atomic E-state index is 11.5. The number of hydrogen-bond donors (Lipinski definition) is 2. The van der Waals surface area contributed by atoms with Gasteiger partial charge in [0.1, 0.15) is 0 Å². The lowest BCUT2D eigenvalue weighted by molar-refractivity contribution is -0.141. The zero-order chi connectivity index (χ0) is 12.7. The Morgan fingerprint density at radius 1 is 1.29 bits per heavy atom. The van der Waals surface area contributed by atoms with Crippen LogP contribution in [0.15, 0.2) is 30.3 Å². The Balaban J connectivity index is 2.25. The van der Waals surface area contributed by atoms with Gasteiger partial charge < -0.3 is 10.4 Å². The molecule has 1 rings (SSSR count). The van der Waals surface area contributed by atoms with Crippen molar-refractivity contribution in [3.8, 4) is 0 Å². The molecule has 0 spiro atoms. The van der Waals surface area contributed by atoms with Crippen molar-refractivity contribution >= 4 is 11.9 Å². The normalized spacial score (nSPS) is 11.8. The van der Waals surface area contributed by atoms with Crippen LogP contribution in [0.1, 0.15) is 18.9 Å². The molecule has 92 valence electrons. The van der Waals surface area contributed by atoms with Gasteiger partial charge in [0.05, 0.1) is 12.3 Å². The molecular formula is C13H17NO3. The van der Waals surface area contributed by atoms with Crippen molar-refractivity contribution in [2.75, 3.05) is 6.54 Å². The molecule has 17 heavy (non-hydrogen) atoms. The molecule has 1 unspecified atom stereocenters. The number of aliphatic carboxylic acids is 1. The van der Waals surface area contributed by atoms with E-state index in [-0.39, 0.29) is 5.91 Å². The lowest BCUT2D eigenvalue weighted by atomic mass is 10.1. The first-order chi connectivity index (χ1) is 8.09. The average Bonchev–Trinajstić information content (AvgIpc) is 2.30. The summed E-state index contributed by atoms with van der Waals surface area (Å²) in [6.07, 6.45) is 0.790. The monoisotopic (exact) mass is 235 g/mol. The first-order valence-electron chi connectivity index (χ1n) is 5.63. The summed E-state index contributed by atoms with van der Waals surface area (Å²) in [5, 5.41) is 11.4. The highest BCUT2D eigenvalue weighted by molar-refractivity contribution is 5.78. The van der Waals surface area contributed by atoms with E-state index in [1.807, 2.05) is 30.3 Å². The minimum absolute atomic E-state index is 0.0752. The van der Waals surface area contributed by atoms with E-state index < -0.39 is 11.9 Å². The molecule has 0 aliphatic rings. The van der Waals surface area contributed by atoms with E-state index in [1.54, 1.807) is 6.92 Å². The zero-order valence-corrected chi connectivity index (χ0v) is 9.85. The Kier molecular flexibility index (Phi) is 5.20. The molecule has 0 saturated carbocycles. The molecule has 4 heteroatoms. The van der Waals surface area contributed by atoms with Crippen LogP contribution in [-0.4, -0.2) is 23.5 Å². The summed E-state index contributed by atoms with van der Waals surface area (Å²) in [5.41, 5.74) is 0.955. The van der Waals surface area contributed by atoms with Crippen LogP contribution >= 0.6 is 0 Å². The van der Waals surface area contributed by atoms with Gasteiger partial charge in [0, 0.05) is 6.54 Å². The minimum Gasteiger partial charge on any atom is -0.481 e. The summed E-state index contributed by atoms with van der Waals surface area (Å²) in [7, 11) is 0. The highest BCUT2D eigenvalue weighted by Gasteiger charge is 2.10. The van der Waals surface area contributed by atoms with Gasteiger partial charge in [0.15, 0.2) is 0 Å². The maximum Gasteiger partial charge on any atom is 0.306 e. The number of carboxylic acids is 1. The lowest BCUT2D eigenvalue weighted by Crippen LogP contribution is -2.28. The van der Waals surface area contributed by atoms with Crippen molar-refractivity contribution < 1.29 is 14.7 Å². The van der Waals surface area contributed by atoms with Gasteiger partial charge in [-0.15, -0.1) is 0 Å². The molecule has 0 aromatic heterocycles. The van der Waals surface area contributed by atoms with E-state index in [0.29, 0.717) is 19.4 Å². The fraction of sp³-hybridized carbons (Fsp3) is 0.385. The van der Waals surface area contributed by atoms with Crippen LogP contribution in [0.25, 0.3) is 0 Å². The molecule has 0 aliphatic heterocycles. The van der Waals surface area contributed by atoms with E-state index in [9.17, 15) is 9.59 Å². The number of carboxylic acid groups (broad SMARTS) is 1. The molecule has 4 nitrogen and oxygen atoms in total. The lowest BCUT2D eigenvalue weighted by Gasteiger charge is -2.07. The van der Waals surface area contributed by atoms with E-state index in [2.05, 4.69) is 5.32 Å². The Bertz CT molecular complexity index is 376. The van der Waals surface area contributed by atoms with Crippen molar-refractivity contribution in [3.63, 3.8) is 0 Å². The third kappa shape index (κ3) is 5.15. The van der Waals surface area contributed by atoms with Crippen molar-refractivity contribution in [2.45, 2.75) is 19.8 Å². The molecule has 1 aromatic rings. The molecule has 0 fully saturated rings. The van der Waals surface area contributed by atoms with E-state index in [4.69, 9.17) is 5.11 Å². The van der Waals surface area contributed by atoms with Crippen molar-refractivity contribution in [3.05, 3.63) is 35.9 Å². The third-order valence-electron chi connectivity index (χ3n) is 2.53. The number of nitrogens with one attached hydrogen (secondary N) is 1. The molecule has 1 atom stereocenters. The molecular weight excluding hydrogens is 218 g/mol. The van der Waals surface area contributed by atoms with Crippen LogP contribution in [0, 0.1) is 5.92 Å². The van der Waals surface area contributed by atoms with Gasteiger partial charge in [0.25, 0.3) is 0 Å². The number of benzene rings is 1. The minimum atomic E-state index is -0.831. The molecule has 1 aromatic carbocycles. The third-order valence-corrected chi connectivity index (χ3v) is 2.53. The van der Waals surface area contributed by atoms with Gasteiger partial charge in [-0.2, -0.15) is 0 Å². The summed E-state index contributed by atoms with van der Waals surface area (Å²) in [5.74, 6) is -1.33. The summed E-state index contributed by atoms with van der Waals surface area (Å²) in [6, 6.07) is 9.44. The van der Waals surface area contributed by atoms with Crippen LogP contribution < -0.4 is 5.32 Å². The molecule has 0 radical (unpaired) electrons. The van der Waals surface area contributed by atoms with E-state index >= 15 is 0 Å². The molecule has 2 N–H and O–H groups in total. The fourth-order valence-electron chi connectivity index (χ4n) is 1.40. The molecule has 1 amide bonds. The Morgan fingerprint density at radius 3 is 2.53 bits per heavy atom. The van der Waals surface area contributed by atoms with Gasteiger partial charge in [0.2, 0.25) is 5.91 Å². The van der Waals surface area contributed by atoms with Crippen molar-refractivity contribution in [1.29, 1.82) is 0 Å². The molecule has 0 bridgehead atoms. The number of hydrogen-bond acceptors (Lipinski definition) is 2. The van der Waals surface area contributed by atoms with E-state index in [1.165, 1.54) is 0 Å². The largest absolute Gasteiger partial charge is 0.481 e. The number of amides is 1. The fourth-order valence-corrected chi connectivity index (χ4v) is 1.40. The Morgan fingerprint density at radius 2 is 1.94 bits per heavy atom. The molecule has 0 saturated heterocycles. The first kappa shape index (κ1) is 13.2. The zero-order valence-electron chi connectivity index (χ0n) is 9.85. The Labute approximate surface area is 101 Å². The number of carbonyl (C=O) groups is 2. The summed E-state index contributed by atoms with van der Waals surface area (Å²) in [4.78, 5) is 22.1. The van der Waals surface area contributed by atoms with Crippen LogP contribution in [0.5, 0.6) is 0 Å². The highest BCUT2D eigenvalue weighted by atomic mass is 16.4. The van der Waals surface area contributed by atoms with Crippen molar-refractivity contribution in [1.82, 2.24) is 5.32 Å². The van der Waals surface area contributed by atoms with Crippen LogP contribution in [0.4, 0.5) is 0 Å². The van der Waals surface area contributed by atoms with Crippen molar-refractivity contribution in [2.24, 2.45) is 5.92 Å². The topological polar surface area (TPSA) is 66.4 Å². The number of carbonyl (C=O) groups excluding carboxylic acids is 1. The van der Waals surface area contributed by atoms with Gasteiger partial charge in [-0.25, -0.2) is 0 Å².